The molecule has 68 valence electrons. The van der Waals surface area contributed by atoms with Crippen molar-refractivity contribution in [2.45, 2.75) is 19.4 Å². The lowest BCUT2D eigenvalue weighted by Crippen LogP contribution is -1.96. The van der Waals surface area contributed by atoms with Crippen molar-refractivity contribution in [1.82, 2.24) is 0 Å². The summed E-state index contributed by atoms with van der Waals surface area (Å²) >= 11 is 0. The van der Waals surface area contributed by atoms with E-state index in [1.807, 2.05) is 31.2 Å². The lowest BCUT2D eigenvalue weighted by atomic mass is 10.1. The molecule has 1 aromatic rings. The van der Waals surface area contributed by atoms with E-state index in [1.54, 1.807) is 0 Å². The van der Waals surface area contributed by atoms with Gasteiger partial charge in [-0.1, -0.05) is 12.1 Å². The normalized spacial score (nSPS) is 21.0. The van der Waals surface area contributed by atoms with Gasteiger partial charge in [0.1, 0.15) is 6.10 Å². The van der Waals surface area contributed by atoms with Crippen molar-refractivity contribution in [3.05, 3.63) is 41.7 Å². The summed E-state index contributed by atoms with van der Waals surface area (Å²) in [6.07, 6.45) is 3.28. The molecule has 0 amide bonds. The zero-order chi connectivity index (χ0) is 9.26. The van der Waals surface area contributed by atoms with Crippen LogP contribution in [0.5, 0.6) is 0 Å². The van der Waals surface area contributed by atoms with Crippen molar-refractivity contribution in [3.63, 3.8) is 0 Å². The van der Waals surface area contributed by atoms with E-state index < -0.39 is 0 Å². The molecule has 1 atom stereocenters. The molecule has 0 bridgehead atoms. The summed E-state index contributed by atoms with van der Waals surface area (Å²) in [5.74, 6) is 1.02. The SMILES string of the molecule is CC1=CCC(c2ccc(N)cc2)O1. The van der Waals surface area contributed by atoms with Crippen LogP contribution in [-0.2, 0) is 4.74 Å². The molecule has 1 aromatic carbocycles. The van der Waals surface area contributed by atoms with Gasteiger partial charge in [0.25, 0.3) is 0 Å². The summed E-state index contributed by atoms with van der Waals surface area (Å²) in [6.45, 7) is 1.98. The van der Waals surface area contributed by atoms with Crippen LogP contribution in [0.2, 0.25) is 0 Å². The maximum atomic E-state index is 5.61. The van der Waals surface area contributed by atoms with E-state index in [0.29, 0.717) is 0 Å². The monoisotopic (exact) mass is 175 g/mol. The Kier molecular flexibility index (Phi) is 1.97. The molecule has 0 fully saturated rings. The van der Waals surface area contributed by atoms with Crippen LogP contribution in [0, 0.1) is 0 Å². The van der Waals surface area contributed by atoms with Gasteiger partial charge in [0.05, 0.1) is 5.76 Å². The van der Waals surface area contributed by atoms with Crippen molar-refractivity contribution in [2.24, 2.45) is 0 Å². The number of hydrogen-bond acceptors (Lipinski definition) is 2. The van der Waals surface area contributed by atoms with Gasteiger partial charge in [-0.25, -0.2) is 0 Å². The summed E-state index contributed by atoms with van der Waals surface area (Å²) in [7, 11) is 0. The lowest BCUT2D eigenvalue weighted by Gasteiger charge is -2.11. The second-order valence-corrected chi connectivity index (χ2v) is 3.32. The Morgan fingerprint density at radius 1 is 1.31 bits per heavy atom. The molecule has 1 aliphatic heterocycles. The average Bonchev–Trinajstić information content (AvgIpc) is 2.53. The van der Waals surface area contributed by atoms with Crippen LogP contribution < -0.4 is 5.73 Å². The summed E-state index contributed by atoms with van der Waals surface area (Å²) in [6, 6.07) is 7.86. The smallest absolute Gasteiger partial charge is 0.127 e. The maximum absolute atomic E-state index is 5.61. The van der Waals surface area contributed by atoms with Gasteiger partial charge >= 0.3 is 0 Å². The highest BCUT2D eigenvalue weighted by atomic mass is 16.5. The fourth-order valence-corrected chi connectivity index (χ4v) is 1.51. The number of ether oxygens (including phenoxy) is 1. The number of allylic oxidation sites excluding steroid dienone is 1. The van der Waals surface area contributed by atoms with Gasteiger partial charge in [-0.3, -0.25) is 0 Å². The Morgan fingerprint density at radius 3 is 2.54 bits per heavy atom. The summed E-state index contributed by atoms with van der Waals surface area (Å²) in [5, 5.41) is 0. The number of nitrogens with two attached hydrogens (primary N) is 1. The molecule has 0 radical (unpaired) electrons. The number of nitrogen functional groups attached to an aromatic ring is 1. The third-order valence-corrected chi connectivity index (χ3v) is 2.26. The van der Waals surface area contributed by atoms with E-state index in [2.05, 4.69) is 6.08 Å². The Morgan fingerprint density at radius 2 is 2.00 bits per heavy atom. The summed E-state index contributed by atoms with van der Waals surface area (Å²) < 4.78 is 5.61. The third kappa shape index (κ3) is 1.66. The first kappa shape index (κ1) is 8.17. The second kappa shape index (κ2) is 3.13. The lowest BCUT2D eigenvalue weighted by molar-refractivity contribution is 0.147. The first-order valence-corrected chi connectivity index (χ1v) is 4.44. The predicted molar refractivity (Wildman–Crippen MR) is 53.1 cm³/mol. The maximum Gasteiger partial charge on any atom is 0.127 e. The zero-order valence-corrected chi connectivity index (χ0v) is 7.66. The van der Waals surface area contributed by atoms with Crippen molar-refractivity contribution < 1.29 is 4.74 Å². The van der Waals surface area contributed by atoms with Crippen molar-refractivity contribution in [1.29, 1.82) is 0 Å². The van der Waals surface area contributed by atoms with Gasteiger partial charge in [-0.15, -0.1) is 0 Å². The largest absolute Gasteiger partial charge is 0.490 e. The highest BCUT2D eigenvalue weighted by molar-refractivity contribution is 5.40. The van der Waals surface area contributed by atoms with Crippen molar-refractivity contribution in [2.75, 3.05) is 5.73 Å². The molecule has 0 spiro atoms. The fourth-order valence-electron chi connectivity index (χ4n) is 1.51. The van der Waals surface area contributed by atoms with E-state index in [1.165, 1.54) is 5.56 Å². The van der Waals surface area contributed by atoms with Crippen molar-refractivity contribution in [3.8, 4) is 0 Å². The predicted octanol–water partition coefficient (Wildman–Crippen LogP) is 2.63. The molecule has 2 heteroatoms. The zero-order valence-electron chi connectivity index (χ0n) is 7.66. The van der Waals surface area contributed by atoms with Crippen LogP contribution in [0.3, 0.4) is 0 Å². The molecule has 1 aliphatic rings. The van der Waals surface area contributed by atoms with Gasteiger partial charge in [-0.05, 0) is 30.7 Å². The van der Waals surface area contributed by atoms with Crippen LogP contribution in [0.1, 0.15) is 25.0 Å². The van der Waals surface area contributed by atoms with Crippen LogP contribution >= 0.6 is 0 Å². The Hall–Kier alpha value is -1.44. The van der Waals surface area contributed by atoms with Gasteiger partial charge in [0, 0.05) is 12.1 Å². The van der Waals surface area contributed by atoms with Gasteiger partial charge in [0.15, 0.2) is 0 Å². The highest BCUT2D eigenvalue weighted by Gasteiger charge is 2.16. The molecular weight excluding hydrogens is 162 g/mol. The molecule has 0 saturated carbocycles. The quantitative estimate of drug-likeness (QED) is 0.666. The molecule has 1 heterocycles. The Bertz CT molecular complexity index is 326. The third-order valence-electron chi connectivity index (χ3n) is 2.26. The average molecular weight is 175 g/mol. The summed E-state index contributed by atoms with van der Waals surface area (Å²) in [4.78, 5) is 0. The molecule has 1 unspecified atom stereocenters. The molecule has 0 aromatic heterocycles. The standard InChI is InChI=1S/C11H13NO/c1-8-2-7-11(13-8)9-3-5-10(12)6-4-9/h2-6,11H,7,12H2,1H3. The molecular formula is C11H13NO. The first-order valence-electron chi connectivity index (χ1n) is 4.44. The van der Waals surface area contributed by atoms with Crippen LogP contribution in [0.15, 0.2) is 36.1 Å². The van der Waals surface area contributed by atoms with Gasteiger partial charge < -0.3 is 10.5 Å². The first-order chi connectivity index (χ1) is 6.25. The van der Waals surface area contributed by atoms with E-state index in [9.17, 15) is 0 Å². The fraction of sp³-hybridized carbons (Fsp3) is 0.273. The van der Waals surface area contributed by atoms with E-state index >= 15 is 0 Å². The molecule has 0 aliphatic carbocycles. The molecule has 2 nitrogen and oxygen atoms in total. The summed E-state index contributed by atoms with van der Waals surface area (Å²) in [5.41, 5.74) is 7.59. The van der Waals surface area contributed by atoms with Gasteiger partial charge in [-0.2, -0.15) is 0 Å². The Labute approximate surface area is 78.0 Å². The minimum absolute atomic E-state index is 0.195. The molecule has 2 N–H and O–H groups in total. The van der Waals surface area contributed by atoms with Crippen LogP contribution in [0.4, 0.5) is 5.69 Å². The number of benzene rings is 1. The minimum Gasteiger partial charge on any atom is -0.490 e. The number of rotatable bonds is 1. The van der Waals surface area contributed by atoms with Crippen LogP contribution in [-0.4, -0.2) is 0 Å². The highest BCUT2D eigenvalue weighted by Crippen LogP contribution is 2.30. The second-order valence-electron chi connectivity index (χ2n) is 3.32. The number of hydrogen-bond donors (Lipinski definition) is 1. The van der Waals surface area contributed by atoms with E-state index in [-0.39, 0.29) is 6.10 Å². The number of anilines is 1. The van der Waals surface area contributed by atoms with Crippen molar-refractivity contribution >= 4 is 5.69 Å². The van der Waals surface area contributed by atoms with Crippen LogP contribution in [0.25, 0.3) is 0 Å². The Balaban J connectivity index is 2.14. The molecule has 13 heavy (non-hydrogen) atoms. The molecule has 2 rings (SSSR count). The van der Waals surface area contributed by atoms with Gasteiger partial charge in [0.2, 0.25) is 0 Å². The molecule has 0 saturated heterocycles. The topological polar surface area (TPSA) is 35.2 Å². The minimum atomic E-state index is 0.195. The van der Waals surface area contributed by atoms with E-state index in [0.717, 1.165) is 17.9 Å². The van der Waals surface area contributed by atoms with E-state index in [4.69, 9.17) is 10.5 Å².